The molecule has 0 atom stereocenters. The van der Waals surface area contributed by atoms with E-state index >= 15 is 0 Å². The Hall–Kier alpha value is -3.42. The van der Waals surface area contributed by atoms with Crippen molar-refractivity contribution in [1.82, 2.24) is 0 Å². The average molecular weight is 400 g/mol. The number of anilines is 1. The third kappa shape index (κ3) is 5.78. The van der Waals surface area contributed by atoms with Crippen LogP contribution in [0.15, 0.2) is 36.4 Å². The SMILES string of the molecule is Cc1ccc([N+](=O)[O-])c(NC(=O)COC(=O)COc2ccccc2C(C)C)c1C. The number of ether oxygens (including phenoxy) is 2. The first-order valence-corrected chi connectivity index (χ1v) is 9.12. The van der Waals surface area contributed by atoms with Crippen molar-refractivity contribution < 1.29 is 24.0 Å². The molecule has 0 fully saturated rings. The lowest BCUT2D eigenvalue weighted by molar-refractivity contribution is -0.384. The molecule has 8 heteroatoms. The Bertz CT molecular complexity index is 923. The molecule has 2 rings (SSSR count). The van der Waals surface area contributed by atoms with E-state index in [-0.39, 0.29) is 23.9 Å². The predicted molar refractivity (Wildman–Crippen MR) is 108 cm³/mol. The van der Waals surface area contributed by atoms with Crippen molar-refractivity contribution in [2.45, 2.75) is 33.6 Å². The fourth-order valence-corrected chi connectivity index (χ4v) is 2.70. The van der Waals surface area contributed by atoms with E-state index in [1.807, 2.05) is 26.0 Å². The second-order valence-corrected chi connectivity index (χ2v) is 6.85. The smallest absolute Gasteiger partial charge is 0.344 e. The molecule has 8 nitrogen and oxygen atoms in total. The lowest BCUT2D eigenvalue weighted by atomic mass is 10.0. The number of hydrogen-bond donors (Lipinski definition) is 1. The Morgan fingerprint density at radius 3 is 2.45 bits per heavy atom. The summed E-state index contributed by atoms with van der Waals surface area (Å²) >= 11 is 0. The summed E-state index contributed by atoms with van der Waals surface area (Å²) < 4.78 is 10.4. The highest BCUT2D eigenvalue weighted by Crippen LogP contribution is 2.30. The largest absolute Gasteiger partial charge is 0.482 e. The lowest BCUT2D eigenvalue weighted by Gasteiger charge is -2.14. The van der Waals surface area contributed by atoms with Crippen molar-refractivity contribution in [3.05, 3.63) is 63.2 Å². The third-order valence-corrected chi connectivity index (χ3v) is 4.43. The molecule has 1 amide bonds. The Balaban J connectivity index is 1.93. The van der Waals surface area contributed by atoms with E-state index in [9.17, 15) is 19.7 Å². The van der Waals surface area contributed by atoms with Crippen molar-refractivity contribution in [2.24, 2.45) is 0 Å². The van der Waals surface area contributed by atoms with Crippen molar-refractivity contribution in [1.29, 1.82) is 0 Å². The summed E-state index contributed by atoms with van der Waals surface area (Å²) in [7, 11) is 0. The number of carbonyl (C=O) groups is 2. The molecule has 154 valence electrons. The van der Waals surface area contributed by atoms with Crippen molar-refractivity contribution >= 4 is 23.3 Å². The molecule has 0 aliphatic carbocycles. The van der Waals surface area contributed by atoms with Gasteiger partial charge >= 0.3 is 5.97 Å². The Morgan fingerprint density at radius 2 is 1.79 bits per heavy atom. The molecule has 0 aliphatic heterocycles. The first-order chi connectivity index (χ1) is 13.7. The fraction of sp³-hybridized carbons (Fsp3) is 0.333. The molecule has 0 radical (unpaired) electrons. The molecule has 0 saturated carbocycles. The minimum atomic E-state index is -0.714. The molecule has 0 aromatic heterocycles. The van der Waals surface area contributed by atoms with Crippen LogP contribution in [0, 0.1) is 24.0 Å². The number of esters is 1. The Labute approximate surface area is 169 Å². The molecule has 0 spiro atoms. The zero-order valence-electron chi connectivity index (χ0n) is 16.9. The van der Waals surface area contributed by atoms with Gasteiger partial charge in [-0.15, -0.1) is 0 Å². The molecule has 2 aromatic rings. The predicted octanol–water partition coefficient (Wildman–Crippen LogP) is 3.90. The van der Waals surface area contributed by atoms with Crippen LogP contribution in [0.3, 0.4) is 0 Å². The van der Waals surface area contributed by atoms with Crippen LogP contribution in [0.1, 0.15) is 36.5 Å². The maximum absolute atomic E-state index is 12.1. The summed E-state index contributed by atoms with van der Waals surface area (Å²) in [4.78, 5) is 34.6. The van der Waals surface area contributed by atoms with Gasteiger partial charge in [0.15, 0.2) is 13.2 Å². The summed E-state index contributed by atoms with van der Waals surface area (Å²) in [6, 6.07) is 10.3. The monoisotopic (exact) mass is 400 g/mol. The Kier molecular flexibility index (Phi) is 7.30. The number of nitro benzene ring substituents is 1. The second kappa shape index (κ2) is 9.68. The van der Waals surface area contributed by atoms with Crippen LogP contribution in [-0.4, -0.2) is 30.0 Å². The van der Waals surface area contributed by atoms with Gasteiger partial charge in [-0.2, -0.15) is 0 Å². The summed E-state index contributed by atoms with van der Waals surface area (Å²) in [5.74, 6) is -0.580. The number of amides is 1. The number of carbonyl (C=O) groups excluding carboxylic acids is 2. The number of aryl methyl sites for hydroxylation is 1. The van der Waals surface area contributed by atoms with Gasteiger partial charge in [0.1, 0.15) is 11.4 Å². The summed E-state index contributed by atoms with van der Waals surface area (Å²) in [5.41, 5.74) is 2.20. The molecular formula is C21H24N2O6. The number of nitro groups is 1. The van der Waals surface area contributed by atoms with Gasteiger partial charge < -0.3 is 14.8 Å². The molecule has 0 bridgehead atoms. The van der Waals surface area contributed by atoms with Crippen LogP contribution in [0.2, 0.25) is 0 Å². The molecular weight excluding hydrogens is 376 g/mol. The average Bonchev–Trinajstić information content (AvgIpc) is 2.68. The number of benzene rings is 2. The highest BCUT2D eigenvalue weighted by Gasteiger charge is 2.20. The van der Waals surface area contributed by atoms with Gasteiger partial charge in [0.2, 0.25) is 0 Å². The quantitative estimate of drug-likeness (QED) is 0.409. The van der Waals surface area contributed by atoms with Gasteiger partial charge in [-0.05, 0) is 42.5 Å². The number of para-hydroxylation sites is 1. The van der Waals surface area contributed by atoms with E-state index in [0.717, 1.165) is 11.1 Å². The van der Waals surface area contributed by atoms with E-state index in [4.69, 9.17) is 9.47 Å². The van der Waals surface area contributed by atoms with Gasteiger partial charge in [-0.1, -0.05) is 38.1 Å². The highest BCUT2D eigenvalue weighted by molar-refractivity contribution is 5.96. The topological polar surface area (TPSA) is 108 Å². The van der Waals surface area contributed by atoms with E-state index in [1.165, 1.54) is 6.07 Å². The number of nitrogens with zero attached hydrogens (tertiary/aromatic N) is 1. The molecule has 2 aromatic carbocycles. The van der Waals surface area contributed by atoms with Gasteiger partial charge in [0.25, 0.3) is 11.6 Å². The van der Waals surface area contributed by atoms with Gasteiger partial charge in [-0.25, -0.2) is 4.79 Å². The summed E-state index contributed by atoms with van der Waals surface area (Å²) in [5, 5.41) is 13.6. The number of rotatable bonds is 8. The molecule has 0 heterocycles. The highest BCUT2D eigenvalue weighted by atomic mass is 16.6. The van der Waals surface area contributed by atoms with E-state index in [0.29, 0.717) is 11.3 Å². The third-order valence-electron chi connectivity index (χ3n) is 4.43. The van der Waals surface area contributed by atoms with Crippen LogP contribution in [0.4, 0.5) is 11.4 Å². The summed E-state index contributed by atoms with van der Waals surface area (Å²) in [6.45, 7) is 6.55. The van der Waals surface area contributed by atoms with E-state index in [2.05, 4.69) is 5.32 Å². The second-order valence-electron chi connectivity index (χ2n) is 6.85. The van der Waals surface area contributed by atoms with Crippen molar-refractivity contribution in [3.8, 4) is 5.75 Å². The van der Waals surface area contributed by atoms with Gasteiger partial charge in [-0.3, -0.25) is 14.9 Å². The van der Waals surface area contributed by atoms with Gasteiger partial charge in [0, 0.05) is 6.07 Å². The zero-order valence-corrected chi connectivity index (χ0v) is 16.9. The first kappa shape index (κ1) is 21.9. The van der Waals surface area contributed by atoms with Gasteiger partial charge in [0.05, 0.1) is 4.92 Å². The maximum atomic E-state index is 12.1. The molecule has 0 saturated heterocycles. The number of nitrogens with one attached hydrogen (secondary N) is 1. The fourth-order valence-electron chi connectivity index (χ4n) is 2.70. The minimum Gasteiger partial charge on any atom is -0.482 e. The normalized spacial score (nSPS) is 10.5. The van der Waals surface area contributed by atoms with Crippen LogP contribution in [-0.2, 0) is 14.3 Å². The first-order valence-electron chi connectivity index (χ1n) is 9.12. The van der Waals surface area contributed by atoms with Crippen LogP contribution >= 0.6 is 0 Å². The van der Waals surface area contributed by atoms with Crippen molar-refractivity contribution in [2.75, 3.05) is 18.5 Å². The maximum Gasteiger partial charge on any atom is 0.344 e. The van der Waals surface area contributed by atoms with Crippen LogP contribution in [0.25, 0.3) is 0 Å². The molecule has 0 unspecified atom stereocenters. The van der Waals surface area contributed by atoms with E-state index in [1.54, 1.807) is 32.0 Å². The molecule has 0 aliphatic rings. The van der Waals surface area contributed by atoms with E-state index < -0.39 is 23.4 Å². The lowest BCUT2D eigenvalue weighted by Crippen LogP contribution is -2.24. The zero-order chi connectivity index (χ0) is 21.6. The summed E-state index contributed by atoms with van der Waals surface area (Å²) in [6.07, 6.45) is 0. The molecule has 29 heavy (non-hydrogen) atoms. The van der Waals surface area contributed by atoms with Crippen LogP contribution < -0.4 is 10.1 Å². The van der Waals surface area contributed by atoms with Crippen molar-refractivity contribution in [3.63, 3.8) is 0 Å². The standard InChI is InChI=1S/C21H24N2O6/c1-13(2)16-7-5-6-8-18(16)28-12-20(25)29-11-19(24)22-21-15(4)14(3)9-10-17(21)23(26)27/h5-10,13H,11-12H2,1-4H3,(H,22,24). The molecule has 1 N–H and O–H groups in total. The van der Waals surface area contributed by atoms with Crippen LogP contribution in [0.5, 0.6) is 5.75 Å². The minimum absolute atomic E-state index is 0.0955. The Morgan fingerprint density at radius 1 is 1.10 bits per heavy atom. The number of hydrogen-bond acceptors (Lipinski definition) is 6.